The van der Waals surface area contributed by atoms with Crippen molar-refractivity contribution in [3.63, 3.8) is 0 Å². The van der Waals surface area contributed by atoms with Crippen LogP contribution in [0, 0.1) is 12.8 Å². The summed E-state index contributed by atoms with van der Waals surface area (Å²) < 4.78 is 1.88. The fraction of sp³-hybridized carbons (Fsp3) is 0.455. The van der Waals surface area contributed by atoms with Crippen molar-refractivity contribution in [3.05, 3.63) is 53.5 Å². The maximum atomic E-state index is 4.52. The first-order valence-corrected chi connectivity index (χ1v) is 10.1. The van der Waals surface area contributed by atoms with Crippen molar-refractivity contribution >= 4 is 40.8 Å². The maximum absolute atomic E-state index is 4.52. The van der Waals surface area contributed by atoms with E-state index in [-0.39, 0.29) is 24.0 Å². The molecule has 29 heavy (non-hydrogen) atoms. The molecule has 0 radical (unpaired) electrons. The first-order valence-electron chi connectivity index (χ1n) is 10.1. The molecular formula is C22H31IN6. The van der Waals surface area contributed by atoms with Crippen molar-refractivity contribution in [1.82, 2.24) is 25.0 Å². The van der Waals surface area contributed by atoms with E-state index in [0.717, 1.165) is 38.4 Å². The van der Waals surface area contributed by atoms with Gasteiger partial charge >= 0.3 is 0 Å². The van der Waals surface area contributed by atoms with Gasteiger partial charge in [0.15, 0.2) is 5.96 Å². The van der Waals surface area contributed by atoms with E-state index in [1.165, 1.54) is 34.0 Å². The summed E-state index contributed by atoms with van der Waals surface area (Å²) in [7, 11) is 3.86. The van der Waals surface area contributed by atoms with Crippen LogP contribution in [0.1, 0.15) is 23.1 Å². The van der Waals surface area contributed by atoms with Gasteiger partial charge in [0, 0.05) is 57.0 Å². The second kappa shape index (κ2) is 9.65. The van der Waals surface area contributed by atoms with Gasteiger partial charge in [0.05, 0.1) is 6.20 Å². The third kappa shape index (κ3) is 4.94. The van der Waals surface area contributed by atoms with Crippen LogP contribution in [0.4, 0.5) is 0 Å². The predicted octanol–water partition coefficient (Wildman–Crippen LogP) is 3.51. The molecule has 1 aromatic carbocycles. The average Bonchev–Trinajstić information content (AvgIpc) is 3.41. The number of hydrogen-bond donors (Lipinski definition) is 2. The number of nitrogens with one attached hydrogen (secondary N) is 2. The van der Waals surface area contributed by atoms with Crippen LogP contribution in [-0.2, 0) is 19.9 Å². The summed E-state index contributed by atoms with van der Waals surface area (Å²) in [5.74, 6) is 1.68. The number of H-pyrrole nitrogens is 1. The molecule has 7 heteroatoms. The topological polar surface area (TPSA) is 61.2 Å². The lowest BCUT2D eigenvalue weighted by Gasteiger charge is -2.21. The van der Waals surface area contributed by atoms with Gasteiger partial charge in [0.2, 0.25) is 0 Å². The quantitative estimate of drug-likeness (QED) is 0.317. The van der Waals surface area contributed by atoms with Gasteiger partial charge in [-0.3, -0.25) is 9.67 Å². The number of hydrogen-bond acceptors (Lipinski definition) is 2. The van der Waals surface area contributed by atoms with Gasteiger partial charge in [-0.2, -0.15) is 5.10 Å². The summed E-state index contributed by atoms with van der Waals surface area (Å²) in [6.07, 6.45) is 9.53. The molecule has 1 unspecified atom stereocenters. The zero-order valence-electron chi connectivity index (χ0n) is 17.5. The molecule has 1 aliphatic rings. The Balaban J connectivity index is 0.00000240. The minimum absolute atomic E-state index is 0. The van der Waals surface area contributed by atoms with E-state index in [0.29, 0.717) is 5.92 Å². The molecule has 156 valence electrons. The Labute approximate surface area is 189 Å². The van der Waals surface area contributed by atoms with Crippen LogP contribution in [0.3, 0.4) is 0 Å². The third-order valence-corrected chi connectivity index (χ3v) is 5.77. The number of aryl methyl sites for hydroxylation is 2. The molecule has 6 nitrogen and oxygen atoms in total. The normalized spacial score (nSPS) is 17.0. The zero-order chi connectivity index (χ0) is 19.5. The summed E-state index contributed by atoms with van der Waals surface area (Å²) in [6, 6.07) is 6.48. The number of aromatic nitrogens is 3. The van der Waals surface area contributed by atoms with Gasteiger partial charge in [0.1, 0.15) is 0 Å². The smallest absolute Gasteiger partial charge is 0.193 e. The predicted molar refractivity (Wildman–Crippen MR) is 130 cm³/mol. The number of rotatable bonds is 5. The fourth-order valence-corrected chi connectivity index (χ4v) is 4.31. The van der Waals surface area contributed by atoms with E-state index < -0.39 is 0 Å². The number of para-hydroxylation sites is 1. The molecule has 2 aromatic heterocycles. The molecule has 2 N–H and O–H groups in total. The van der Waals surface area contributed by atoms with Crippen LogP contribution in [0.5, 0.6) is 0 Å². The van der Waals surface area contributed by atoms with Crippen molar-refractivity contribution in [2.45, 2.75) is 26.2 Å². The van der Waals surface area contributed by atoms with E-state index in [1.807, 2.05) is 25.0 Å². The van der Waals surface area contributed by atoms with Crippen LogP contribution >= 0.6 is 24.0 Å². The van der Waals surface area contributed by atoms with Crippen molar-refractivity contribution in [2.24, 2.45) is 18.0 Å². The average molecular weight is 506 g/mol. The third-order valence-electron chi connectivity index (χ3n) is 5.77. The van der Waals surface area contributed by atoms with Crippen LogP contribution in [-0.4, -0.2) is 52.3 Å². The minimum atomic E-state index is 0. The highest BCUT2D eigenvalue weighted by molar-refractivity contribution is 14.0. The van der Waals surface area contributed by atoms with E-state index in [2.05, 4.69) is 62.8 Å². The Hall–Kier alpha value is -2.03. The van der Waals surface area contributed by atoms with E-state index >= 15 is 0 Å². The monoisotopic (exact) mass is 506 g/mol. The van der Waals surface area contributed by atoms with Crippen LogP contribution < -0.4 is 5.32 Å². The number of likely N-dealkylation sites (tertiary alicyclic amines) is 1. The Kier molecular flexibility index (Phi) is 7.21. The largest absolute Gasteiger partial charge is 0.361 e. The van der Waals surface area contributed by atoms with E-state index in [4.69, 9.17) is 0 Å². The van der Waals surface area contributed by atoms with Crippen LogP contribution in [0.25, 0.3) is 10.9 Å². The molecule has 1 fully saturated rings. The number of benzene rings is 1. The second-order valence-electron chi connectivity index (χ2n) is 7.86. The maximum Gasteiger partial charge on any atom is 0.193 e. The zero-order valence-corrected chi connectivity index (χ0v) is 19.8. The summed E-state index contributed by atoms with van der Waals surface area (Å²) in [5.41, 5.74) is 5.23. The summed E-state index contributed by atoms with van der Waals surface area (Å²) >= 11 is 0. The lowest BCUT2D eigenvalue weighted by Crippen LogP contribution is -2.41. The lowest BCUT2D eigenvalue weighted by molar-refractivity contribution is 0.460. The molecule has 1 saturated heterocycles. The summed E-state index contributed by atoms with van der Waals surface area (Å²) in [4.78, 5) is 10.3. The highest BCUT2D eigenvalue weighted by Crippen LogP contribution is 2.22. The highest BCUT2D eigenvalue weighted by Gasteiger charge is 2.25. The molecule has 0 bridgehead atoms. The Morgan fingerprint density at radius 2 is 2.24 bits per heavy atom. The number of halogens is 1. The van der Waals surface area contributed by atoms with Gasteiger partial charge in [-0.25, -0.2) is 0 Å². The number of aliphatic imine (C=N–C) groups is 1. The van der Waals surface area contributed by atoms with Gasteiger partial charge in [-0.15, -0.1) is 24.0 Å². The molecule has 3 aromatic rings. The minimum Gasteiger partial charge on any atom is -0.361 e. The fourth-order valence-electron chi connectivity index (χ4n) is 4.31. The van der Waals surface area contributed by atoms with Gasteiger partial charge in [-0.1, -0.05) is 18.2 Å². The van der Waals surface area contributed by atoms with E-state index in [1.54, 1.807) is 0 Å². The van der Waals surface area contributed by atoms with Crippen molar-refractivity contribution < 1.29 is 0 Å². The first-order chi connectivity index (χ1) is 13.6. The summed E-state index contributed by atoms with van der Waals surface area (Å²) in [5, 5.41) is 9.18. The molecule has 0 saturated carbocycles. The molecule has 1 aliphatic heterocycles. The molecule has 1 atom stereocenters. The number of guanidine groups is 1. The second-order valence-corrected chi connectivity index (χ2v) is 7.86. The Bertz CT molecular complexity index is 973. The lowest BCUT2D eigenvalue weighted by atomic mass is 10.0. The number of fused-ring (bicyclic) bond motifs is 1. The number of aromatic amines is 1. The van der Waals surface area contributed by atoms with Gasteiger partial charge in [0.25, 0.3) is 0 Å². The first kappa shape index (κ1) is 21.7. The standard InChI is InChI=1S/C22H30N6.HI/c1-16-5-4-6-20-19(13-25-21(16)20)7-9-24-22(23-2)28-10-8-17(15-28)11-18-12-26-27(3)14-18;/h4-6,12-14,17,25H,7-11,15H2,1-3H3,(H,23,24);1H. The number of nitrogens with zero attached hydrogens (tertiary/aromatic N) is 4. The van der Waals surface area contributed by atoms with Gasteiger partial charge in [-0.05, 0) is 48.8 Å². The Morgan fingerprint density at radius 1 is 1.38 bits per heavy atom. The Morgan fingerprint density at radius 3 is 3.00 bits per heavy atom. The van der Waals surface area contributed by atoms with E-state index in [9.17, 15) is 0 Å². The molecule has 4 rings (SSSR count). The van der Waals surface area contributed by atoms with Crippen molar-refractivity contribution in [3.8, 4) is 0 Å². The molecule has 0 amide bonds. The van der Waals surface area contributed by atoms with Crippen LogP contribution in [0.15, 0.2) is 41.8 Å². The SMILES string of the molecule is CN=C(NCCc1c[nH]c2c(C)cccc12)N1CCC(Cc2cnn(C)c2)C1.I. The van der Waals surface area contributed by atoms with Gasteiger partial charge < -0.3 is 15.2 Å². The summed E-state index contributed by atoms with van der Waals surface area (Å²) in [6.45, 7) is 5.16. The van der Waals surface area contributed by atoms with Crippen LogP contribution in [0.2, 0.25) is 0 Å². The molecule has 0 aliphatic carbocycles. The van der Waals surface area contributed by atoms with Crippen molar-refractivity contribution in [2.75, 3.05) is 26.7 Å². The molecule has 3 heterocycles. The van der Waals surface area contributed by atoms with Crippen molar-refractivity contribution in [1.29, 1.82) is 0 Å². The molecular weight excluding hydrogens is 475 g/mol. The molecule has 0 spiro atoms. The highest BCUT2D eigenvalue weighted by atomic mass is 127.